The van der Waals surface area contributed by atoms with Crippen molar-refractivity contribution < 1.29 is 37.4 Å². The Balaban J connectivity index is 0.000000441. The Hall–Kier alpha value is -2.58. The molecule has 3 N–H and O–H groups in total. The van der Waals surface area contributed by atoms with Crippen LogP contribution >= 0.6 is 0 Å². The minimum Gasteiger partial charge on any atom is -0.478 e. The Morgan fingerprint density at radius 1 is 1.20 bits per heavy atom. The number of halogens is 3. The number of nitrogens with two attached hydrogens (primary N) is 1. The van der Waals surface area contributed by atoms with Crippen molar-refractivity contribution in [1.29, 1.82) is 0 Å². The van der Waals surface area contributed by atoms with Gasteiger partial charge in [-0.25, -0.2) is 9.59 Å². The van der Waals surface area contributed by atoms with Crippen molar-refractivity contribution in [1.82, 2.24) is 0 Å². The molecule has 0 saturated carbocycles. The maximum Gasteiger partial charge on any atom is 0.470 e. The summed E-state index contributed by atoms with van der Waals surface area (Å²) in [6.07, 6.45) is -4.86. The molecule has 110 valence electrons. The van der Waals surface area contributed by atoms with E-state index in [9.17, 15) is 22.8 Å². The number of ether oxygens (including phenoxy) is 1. The number of carboxylic acid groups (broad SMARTS) is 1. The fourth-order valence-corrected chi connectivity index (χ4v) is 0.897. The van der Waals surface area contributed by atoms with E-state index in [0.29, 0.717) is 0 Å². The molecule has 0 unspecified atom stereocenters. The van der Waals surface area contributed by atoms with Crippen molar-refractivity contribution in [3.63, 3.8) is 0 Å². The highest BCUT2D eigenvalue weighted by atomic mass is 19.4. The number of esters is 1. The number of amides is 1. The van der Waals surface area contributed by atoms with Gasteiger partial charge in [-0.3, -0.25) is 4.79 Å². The largest absolute Gasteiger partial charge is 0.478 e. The van der Waals surface area contributed by atoms with E-state index in [2.05, 4.69) is 10.5 Å². The van der Waals surface area contributed by atoms with Gasteiger partial charge in [-0.05, 0) is 18.2 Å². The zero-order valence-electron chi connectivity index (χ0n) is 10.1. The molecule has 1 aromatic rings. The summed E-state index contributed by atoms with van der Waals surface area (Å²) >= 11 is 0. The van der Waals surface area contributed by atoms with Crippen LogP contribution in [0.25, 0.3) is 0 Å². The van der Waals surface area contributed by atoms with Crippen LogP contribution in [0.3, 0.4) is 0 Å². The molecule has 6 nitrogen and oxygen atoms in total. The Bertz CT molecular complexity index is 513. The van der Waals surface area contributed by atoms with E-state index in [1.807, 2.05) is 0 Å². The molecular weight excluding hydrogens is 283 g/mol. The maximum absolute atomic E-state index is 11.0. The molecule has 0 radical (unpaired) electrons. The first-order chi connectivity index (χ1) is 9.09. The number of primary amides is 1. The van der Waals surface area contributed by atoms with E-state index < -0.39 is 24.0 Å². The van der Waals surface area contributed by atoms with Gasteiger partial charge in [0.2, 0.25) is 0 Å². The molecule has 0 atom stereocenters. The summed E-state index contributed by atoms with van der Waals surface area (Å²) in [5.74, 6) is -3.86. The van der Waals surface area contributed by atoms with Crippen molar-refractivity contribution in [3.8, 4) is 0 Å². The second-order valence-electron chi connectivity index (χ2n) is 3.24. The van der Waals surface area contributed by atoms with Crippen LogP contribution in [0.2, 0.25) is 0 Å². The van der Waals surface area contributed by atoms with Crippen LogP contribution in [0.4, 0.5) is 13.2 Å². The van der Waals surface area contributed by atoms with Gasteiger partial charge >= 0.3 is 24.0 Å². The fourth-order valence-electron chi connectivity index (χ4n) is 0.897. The molecule has 0 aliphatic heterocycles. The predicted octanol–water partition coefficient (Wildman–Crippen LogP) is 1.21. The molecule has 0 spiro atoms. The summed E-state index contributed by atoms with van der Waals surface area (Å²) in [6.45, 7) is 0. The number of carboxylic acids is 1. The molecule has 0 aromatic heterocycles. The first-order valence-corrected chi connectivity index (χ1v) is 4.88. The first-order valence-electron chi connectivity index (χ1n) is 4.88. The lowest BCUT2D eigenvalue weighted by atomic mass is 10.1. The van der Waals surface area contributed by atoms with Crippen LogP contribution in [0, 0.1) is 0 Å². The summed E-state index contributed by atoms with van der Waals surface area (Å²) in [7, 11) is 1.25. The quantitative estimate of drug-likeness (QED) is 0.797. The van der Waals surface area contributed by atoms with Gasteiger partial charge in [-0.15, -0.1) is 0 Å². The Kier molecular flexibility index (Phi) is 6.20. The Morgan fingerprint density at radius 3 is 2.00 bits per heavy atom. The number of aromatic carboxylic acids is 1. The van der Waals surface area contributed by atoms with Crippen LogP contribution in [0.15, 0.2) is 24.3 Å². The fraction of sp³-hybridized carbons (Fsp3) is 0.182. The van der Waals surface area contributed by atoms with E-state index in [0.717, 1.165) is 0 Å². The van der Waals surface area contributed by atoms with Crippen molar-refractivity contribution in [2.75, 3.05) is 7.11 Å². The second-order valence-corrected chi connectivity index (χ2v) is 3.24. The molecule has 1 rings (SSSR count). The highest BCUT2D eigenvalue weighted by molar-refractivity contribution is 5.94. The smallest absolute Gasteiger partial charge is 0.470 e. The van der Waals surface area contributed by atoms with Crippen molar-refractivity contribution in [2.24, 2.45) is 5.73 Å². The van der Waals surface area contributed by atoms with Gasteiger partial charge in [0, 0.05) is 0 Å². The molecule has 0 heterocycles. The lowest BCUT2D eigenvalue weighted by Crippen LogP contribution is -2.30. The van der Waals surface area contributed by atoms with Gasteiger partial charge in [0.05, 0.1) is 18.2 Å². The van der Waals surface area contributed by atoms with Crippen LogP contribution in [-0.2, 0) is 9.53 Å². The van der Waals surface area contributed by atoms with E-state index in [1.165, 1.54) is 31.4 Å². The number of hydrogen-bond donors (Lipinski definition) is 2. The molecule has 9 heteroatoms. The van der Waals surface area contributed by atoms with Crippen LogP contribution in [0.5, 0.6) is 0 Å². The van der Waals surface area contributed by atoms with Gasteiger partial charge in [-0.1, -0.05) is 6.07 Å². The third-order valence-electron chi connectivity index (χ3n) is 1.81. The molecule has 0 aliphatic rings. The summed E-state index contributed by atoms with van der Waals surface area (Å²) < 4.78 is 36.6. The molecular formula is C11H10F3NO5. The van der Waals surface area contributed by atoms with E-state index in [4.69, 9.17) is 9.90 Å². The second kappa shape index (κ2) is 7.12. The topological polar surface area (TPSA) is 107 Å². The number of carbonyl (C=O) groups is 3. The Labute approximate surface area is 110 Å². The molecule has 20 heavy (non-hydrogen) atoms. The monoisotopic (exact) mass is 293 g/mol. The SMILES string of the molecule is COC(=O)c1cccc(C(=O)O)c1.NC(=O)C(F)(F)F. The minimum absolute atomic E-state index is 0.0721. The highest BCUT2D eigenvalue weighted by Crippen LogP contribution is 2.11. The van der Waals surface area contributed by atoms with Gasteiger partial charge in [0.25, 0.3) is 0 Å². The number of alkyl halides is 3. The van der Waals surface area contributed by atoms with Gasteiger partial charge in [0.1, 0.15) is 0 Å². The lowest BCUT2D eigenvalue weighted by molar-refractivity contribution is -0.169. The molecule has 0 fully saturated rings. The first kappa shape index (κ1) is 17.4. The molecule has 1 amide bonds. The van der Waals surface area contributed by atoms with Crippen LogP contribution < -0.4 is 5.73 Å². The summed E-state index contributed by atoms with van der Waals surface area (Å²) in [5.41, 5.74) is 4.12. The van der Waals surface area contributed by atoms with E-state index in [1.54, 1.807) is 0 Å². The Morgan fingerprint density at radius 2 is 1.65 bits per heavy atom. The van der Waals surface area contributed by atoms with Crippen molar-refractivity contribution in [3.05, 3.63) is 35.4 Å². The van der Waals surface area contributed by atoms with Crippen LogP contribution in [0.1, 0.15) is 20.7 Å². The van der Waals surface area contributed by atoms with Crippen LogP contribution in [-0.4, -0.2) is 36.2 Å². The van der Waals surface area contributed by atoms with Gasteiger partial charge < -0.3 is 15.6 Å². The van der Waals surface area contributed by atoms with Gasteiger partial charge in [0.15, 0.2) is 0 Å². The zero-order chi connectivity index (χ0) is 15.9. The third kappa shape index (κ3) is 5.85. The van der Waals surface area contributed by atoms with Crippen molar-refractivity contribution in [2.45, 2.75) is 6.18 Å². The molecule has 0 bridgehead atoms. The molecule has 0 saturated heterocycles. The predicted molar refractivity (Wildman–Crippen MR) is 60.0 cm³/mol. The summed E-state index contributed by atoms with van der Waals surface area (Å²) in [4.78, 5) is 30.6. The number of benzene rings is 1. The summed E-state index contributed by atoms with van der Waals surface area (Å²) in [5, 5.41) is 8.61. The summed E-state index contributed by atoms with van der Waals surface area (Å²) in [6, 6.07) is 5.68. The standard InChI is InChI=1S/C9H8O4.C2H2F3NO/c1-13-9(12)7-4-2-3-6(5-7)8(10)11;3-2(4,5)1(6)7/h2-5H,1H3,(H,10,11);(H2,6,7). The normalized spacial score (nSPS) is 10.0. The van der Waals surface area contributed by atoms with Gasteiger partial charge in [-0.2, -0.15) is 13.2 Å². The minimum atomic E-state index is -4.86. The van der Waals surface area contributed by atoms with E-state index in [-0.39, 0.29) is 11.1 Å². The zero-order valence-corrected chi connectivity index (χ0v) is 10.1. The average Bonchev–Trinajstić information content (AvgIpc) is 2.37. The van der Waals surface area contributed by atoms with E-state index >= 15 is 0 Å². The number of carbonyl (C=O) groups excluding carboxylic acids is 2. The maximum atomic E-state index is 11.0. The lowest BCUT2D eigenvalue weighted by Gasteiger charge is -1.99. The molecule has 1 aromatic carbocycles. The number of rotatable bonds is 2. The third-order valence-corrected chi connectivity index (χ3v) is 1.81. The molecule has 0 aliphatic carbocycles. The van der Waals surface area contributed by atoms with Crippen molar-refractivity contribution >= 4 is 17.8 Å². The average molecular weight is 293 g/mol. The number of hydrogen-bond acceptors (Lipinski definition) is 4. The highest BCUT2D eigenvalue weighted by Gasteiger charge is 2.35. The number of methoxy groups -OCH3 is 1.